The number of para-hydroxylation sites is 2. The van der Waals surface area contributed by atoms with Crippen LogP contribution < -0.4 is 9.80 Å². The Morgan fingerprint density at radius 3 is 2.33 bits per heavy atom. The van der Waals surface area contributed by atoms with Gasteiger partial charge < -0.3 is 14.8 Å². The van der Waals surface area contributed by atoms with Crippen LogP contribution in [0.1, 0.15) is 0 Å². The van der Waals surface area contributed by atoms with Crippen molar-refractivity contribution in [1.82, 2.24) is 19.9 Å². The molecular formula is C21H20N6. The van der Waals surface area contributed by atoms with E-state index in [-0.39, 0.29) is 0 Å². The number of nitrogens with zero attached hydrogens (tertiary/aromatic N) is 5. The molecule has 3 heterocycles. The molecule has 2 aromatic carbocycles. The lowest BCUT2D eigenvalue weighted by Gasteiger charge is -2.35. The van der Waals surface area contributed by atoms with Gasteiger partial charge in [-0.05, 0) is 12.1 Å². The van der Waals surface area contributed by atoms with Crippen LogP contribution in [0.3, 0.4) is 0 Å². The molecule has 0 aliphatic carbocycles. The Bertz CT molecular complexity index is 1020. The Balaban J connectivity index is 1.32. The van der Waals surface area contributed by atoms with Gasteiger partial charge in [0.25, 0.3) is 0 Å². The molecule has 2 aromatic heterocycles. The zero-order valence-electron chi connectivity index (χ0n) is 14.9. The summed E-state index contributed by atoms with van der Waals surface area (Å²) in [6.45, 7) is 3.62. The molecule has 1 N–H and O–H groups in total. The standard InChI is InChI=1S/C21H20N6/c1-2-6-16(7-3-1)19-14-20(23-15-22-19)26-10-12-27(13-11-26)21-24-17-8-4-5-9-18(17)25-21/h1-9,14-15H,10-13H2,(H,24,25). The minimum absolute atomic E-state index is 0.905. The molecule has 27 heavy (non-hydrogen) atoms. The first-order chi connectivity index (χ1) is 13.4. The molecule has 1 fully saturated rings. The van der Waals surface area contributed by atoms with Crippen molar-refractivity contribution in [3.8, 4) is 11.3 Å². The molecule has 1 aliphatic heterocycles. The summed E-state index contributed by atoms with van der Waals surface area (Å²) in [6.07, 6.45) is 1.66. The molecule has 134 valence electrons. The summed E-state index contributed by atoms with van der Waals surface area (Å²) in [7, 11) is 0. The maximum atomic E-state index is 4.71. The molecular weight excluding hydrogens is 336 g/mol. The van der Waals surface area contributed by atoms with Crippen LogP contribution in [0.25, 0.3) is 22.3 Å². The zero-order valence-corrected chi connectivity index (χ0v) is 14.9. The number of hydrogen-bond acceptors (Lipinski definition) is 5. The summed E-state index contributed by atoms with van der Waals surface area (Å²) >= 11 is 0. The highest BCUT2D eigenvalue weighted by Gasteiger charge is 2.21. The van der Waals surface area contributed by atoms with Crippen LogP contribution in [0.15, 0.2) is 67.0 Å². The van der Waals surface area contributed by atoms with E-state index in [9.17, 15) is 0 Å². The lowest BCUT2D eigenvalue weighted by atomic mass is 10.1. The van der Waals surface area contributed by atoms with Crippen molar-refractivity contribution in [2.45, 2.75) is 0 Å². The minimum atomic E-state index is 0.905. The summed E-state index contributed by atoms with van der Waals surface area (Å²) in [4.78, 5) is 21.7. The van der Waals surface area contributed by atoms with Gasteiger partial charge in [-0.2, -0.15) is 0 Å². The molecule has 6 heteroatoms. The topological polar surface area (TPSA) is 60.9 Å². The second-order valence-corrected chi connectivity index (χ2v) is 6.68. The fourth-order valence-corrected chi connectivity index (χ4v) is 3.52. The second-order valence-electron chi connectivity index (χ2n) is 6.68. The Morgan fingerprint density at radius 2 is 1.52 bits per heavy atom. The van der Waals surface area contributed by atoms with Crippen LogP contribution in [0.2, 0.25) is 0 Å². The van der Waals surface area contributed by atoms with Gasteiger partial charge >= 0.3 is 0 Å². The summed E-state index contributed by atoms with van der Waals surface area (Å²) in [5.41, 5.74) is 4.17. The van der Waals surface area contributed by atoms with E-state index in [4.69, 9.17) is 4.98 Å². The number of fused-ring (bicyclic) bond motifs is 1. The molecule has 0 atom stereocenters. The van der Waals surface area contributed by atoms with Crippen molar-refractivity contribution in [3.05, 3.63) is 67.0 Å². The van der Waals surface area contributed by atoms with Crippen molar-refractivity contribution in [3.63, 3.8) is 0 Å². The summed E-state index contributed by atoms with van der Waals surface area (Å²) in [5, 5.41) is 0. The van der Waals surface area contributed by atoms with Gasteiger partial charge in [0, 0.05) is 37.8 Å². The number of nitrogens with one attached hydrogen (secondary N) is 1. The van der Waals surface area contributed by atoms with Gasteiger partial charge in [0.2, 0.25) is 5.95 Å². The maximum Gasteiger partial charge on any atom is 0.203 e. The summed E-state index contributed by atoms with van der Waals surface area (Å²) in [5.74, 6) is 1.93. The fraction of sp³-hybridized carbons (Fsp3) is 0.190. The predicted octanol–water partition coefficient (Wildman–Crippen LogP) is 3.35. The molecule has 4 aromatic rings. The van der Waals surface area contributed by atoms with Crippen LogP contribution in [-0.2, 0) is 0 Å². The first kappa shape index (κ1) is 15.8. The van der Waals surface area contributed by atoms with Gasteiger partial charge in [-0.15, -0.1) is 0 Å². The van der Waals surface area contributed by atoms with Crippen molar-refractivity contribution < 1.29 is 0 Å². The van der Waals surface area contributed by atoms with Gasteiger partial charge in [-0.25, -0.2) is 15.0 Å². The van der Waals surface area contributed by atoms with Crippen LogP contribution in [0.5, 0.6) is 0 Å². The van der Waals surface area contributed by atoms with Crippen LogP contribution >= 0.6 is 0 Å². The van der Waals surface area contributed by atoms with Gasteiger partial charge in [-0.3, -0.25) is 0 Å². The van der Waals surface area contributed by atoms with Crippen LogP contribution in [-0.4, -0.2) is 46.1 Å². The lowest BCUT2D eigenvalue weighted by Crippen LogP contribution is -2.47. The average Bonchev–Trinajstić information content (AvgIpc) is 3.19. The number of benzene rings is 2. The number of rotatable bonds is 3. The number of aromatic amines is 1. The summed E-state index contributed by atoms with van der Waals surface area (Å²) < 4.78 is 0. The molecule has 0 saturated carbocycles. The van der Waals surface area contributed by atoms with E-state index in [1.165, 1.54) is 0 Å². The van der Waals surface area contributed by atoms with E-state index in [1.807, 2.05) is 36.4 Å². The molecule has 0 unspecified atom stereocenters. The molecule has 1 aliphatic rings. The van der Waals surface area contributed by atoms with Crippen molar-refractivity contribution >= 4 is 22.8 Å². The van der Waals surface area contributed by atoms with Gasteiger partial charge in [0.1, 0.15) is 12.1 Å². The zero-order chi connectivity index (χ0) is 18.1. The van der Waals surface area contributed by atoms with E-state index in [2.05, 4.69) is 49.0 Å². The third kappa shape index (κ3) is 3.10. The lowest BCUT2D eigenvalue weighted by molar-refractivity contribution is 0.637. The molecule has 0 bridgehead atoms. The highest BCUT2D eigenvalue weighted by molar-refractivity contribution is 5.77. The largest absolute Gasteiger partial charge is 0.353 e. The van der Waals surface area contributed by atoms with Gasteiger partial charge in [0.15, 0.2) is 0 Å². The van der Waals surface area contributed by atoms with Crippen molar-refractivity contribution in [1.29, 1.82) is 0 Å². The van der Waals surface area contributed by atoms with Crippen molar-refractivity contribution in [2.24, 2.45) is 0 Å². The number of hydrogen-bond donors (Lipinski definition) is 1. The van der Waals surface area contributed by atoms with Crippen LogP contribution in [0.4, 0.5) is 11.8 Å². The molecule has 0 radical (unpaired) electrons. The third-order valence-corrected chi connectivity index (χ3v) is 5.00. The van der Waals surface area contributed by atoms with E-state index < -0.39 is 0 Å². The van der Waals surface area contributed by atoms with Crippen molar-refractivity contribution in [2.75, 3.05) is 36.0 Å². The fourth-order valence-electron chi connectivity index (χ4n) is 3.52. The first-order valence-corrected chi connectivity index (χ1v) is 9.19. The quantitative estimate of drug-likeness (QED) is 0.610. The molecule has 6 nitrogen and oxygen atoms in total. The Kier molecular flexibility index (Phi) is 3.93. The minimum Gasteiger partial charge on any atom is -0.353 e. The first-order valence-electron chi connectivity index (χ1n) is 9.19. The molecule has 0 spiro atoms. The Hall–Kier alpha value is -3.41. The molecule has 0 amide bonds. The molecule has 1 saturated heterocycles. The average molecular weight is 356 g/mol. The van der Waals surface area contributed by atoms with E-state index in [1.54, 1.807) is 6.33 Å². The van der Waals surface area contributed by atoms with Gasteiger partial charge in [-0.1, -0.05) is 42.5 Å². The normalized spacial score (nSPS) is 14.7. The monoisotopic (exact) mass is 356 g/mol. The number of piperazine rings is 1. The van der Waals surface area contributed by atoms with E-state index >= 15 is 0 Å². The van der Waals surface area contributed by atoms with E-state index in [0.717, 1.165) is 60.2 Å². The second kappa shape index (κ2) is 6.72. The summed E-state index contributed by atoms with van der Waals surface area (Å²) in [6, 6.07) is 20.5. The number of anilines is 2. The molecule has 5 rings (SSSR count). The predicted molar refractivity (Wildman–Crippen MR) is 108 cm³/mol. The Labute approximate surface area is 157 Å². The Morgan fingerprint density at radius 1 is 0.778 bits per heavy atom. The highest BCUT2D eigenvalue weighted by atomic mass is 15.3. The number of H-pyrrole nitrogens is 1. The van der Waals surface area contributed by atoms with Gasteiger partial charge in [0.05, 0.1) is 16.7 Å². The maximum absolute atomic E-state index is 4.71. The van der Waals surface area contributed by atoms with E-state index in [0.29, 0.717) is 0 Å². The highest BCUT2D eigenvalue weighted by Crippen LogP contribution is 2.23. The third-order valence-electron chi connectivity index (χ3n) is 5.00. The number of aromatic nitrogens is 4. The SMILES string of the molecule is c1ccc(-c2cc(N3CCN(c4nc5ccccc5[nH]4)CC3)ncn2)cc1. The van der Waals surface area contributed by atoms with Crippen LogP contribution in [0, 0.1) is 0 Å². The number of imidazole rings is 1. The smallest absolute Gasteiger partial charge is 0.203 e.